The van der Waals surface area contributed by atoms with Gasteiger partial charge in [0.2, 0.25) is 0 Å². The van der Waals surface area contributed by atoms with Crippen LogP contribution in [0.1, 0.15) is 12.6 Å². The van der Waals surface area contributed by atoms with Crippen LogP contribution in [0, 0.1) is 5.82 Å². The maximum atomic E-state index is 13.2. The summed E-state index contributed by atoms with van der Waals surface area (Å²) < 4.78 is 19.5. The normalized spacial score (nSPS) is 28.5. The molecule has 94 valence electrons. The number of nitrogens with two attached hydrogens (primary N) is 1. The van der Waals surface area contributed by atoms with Crippen LogP contribution in [0.15, 0.2) is 17.1 Å². The zero-order valence-electron chi connectivity index (χ0n) is 8.91. The van der Waals surface area contributed by atoms with Gasteiger partial charge in [0.15, 0.2) is 5.82 Å². The zero-order valence-corrected chi connectivity index (χ0v) is 8.91. The van der Waals surface area contributed by atoms with Crippen LogP contribution in [-0.4, -0.2) is 33.6 Å². The molecular weight excluding hydrogens is 231 g/mol. The van der Waals surface area contributed by atoms with Gasteiger partial charge in [0.1, 0.15) is 12.3 Å². The fraction of sp³-hybridized carbons (Fsp3) is 0.500. The molecule has 6 nitrogen and oxygen atoms in total. The summed E-state index contributed by atoms with van der Waals surface area (Å²) in [5.41, 5.74) is 4.50. The highest BCUT2D eigenvalue weighted by Crippen LogP contribution is 2.27. The number of hydrogen-bond donors (Lipinski definition) is 3. The average Bonchev–Trinajstić information content (AvgIpc) is 2.65. The van der Waals surface area contributed by atoms with E-state index < -0.39 is 29.8 Å². The Kier molecular flexibility index (Phi) is 3.14. The largest absolute Gasteiger partial charge is 0.396 e. The summed E-state index contributed by atoms with van der Waals surface area (Å²) in [4.78, 5) is 11.6. The quantitative estimate of drug-likeness (QED) is 0.633. The summed E-state index contributed by atoms with van der Waals surface area (Å²) in [6.07, 6.45) is -1.36. The highest BCUT2D eigenvalue weighted by molar-refractivity contribution is 5.36. The molecule has 1 aromatic rings. The molecule has 0 unspecified atom stereocenters. The van der Waals surface area contributed by atoms with Crippen LogP contribution in [0.3, 0.4) is 0 Å². The number of pyridine rings is 1. The predicted molar refractivity (Wildman–Crippen MR) is 56.7 cm³/mol. The van der Waals surface area contributed by atoms with Crippen molar-refractivity contribution in [3.8, 4) is 0 Å². The lowest BCUT2D eigenvalue weighted by Gasteiger charge is -2.15. The van der Waals surface area contributed by atoms with Crippen LogP contribution in [0.25, 0.3) is 0 Å². The molecule has 4 N–H and O–H groups in total. The monoisotopic (exact) mass is 244 g/mol. The first-order valence-electron chi connectivity index (χ1n) is 5.14. The van der Waals surface area contributed by atoms with E-state index in [9.17, 15) is 14.3 Å². The second-order valence-electron chi connectivity index (χ2n) is 3.94. The minimum Gasteiger partial charge on any atom is -0.396 e. The van der Waals surface area contributed by atoms with Crippen molar-refractivity contribution in [3.63, 3.8) is 0 Å². The molecule has 1 fully saturated rings. The van der Waals surface area contributed by atoms with E-state index in [4.69, 9.17) is 15.6 Å². The summed E-state index contributed by atoms with van der Waals surface area (Å²) in [7, 11) is 0. The molecule has 0 saturated carbocycles. The van der Waals surface area contributed by atoms with Gasteiger partial charge in [-0.15, -0.1) is 0 Å². The van der Waals surface area contributed by atoms with Crippen molar-refractivity contribution in [3.05, 3.63) is 28.4 Å². The predicted octanol–water partition coefficient (Wildman–Crippen LogP) is -0.790. The van der Waals surface area contributed by atoms with Gasteiger partial charge < -0.3 is 20.7 Å². The van der Waals surface area contributed by atoms with E-state index in [-0.39, 0.29) is 18.7 Å². The minimum absolute atomic E-state index is 0.120. The molecule has 7 heteroatoms. The molecule has 0 aliphatic carbocycles. The van der Waals surface area contributed by atoms with E-state index >= 15 is 0 Å². The van der Waals surface area contributed by atoms with Gasteiger partial charge in [0.05, 0.1) is 18.4 Å². The van der Waals surface area contributed by atoms with Crippen LogP contribution < -0.4 is 11.3 Å². The summed E-state index contributed by atoms with van der Waals surface area (Å²) in [6.45, 7) is -0.357. The molecule has 0 radical (unpaired) electrons. The Morgan fingerprint density at radius 1 is 1.65 bits per heavy atom. The van der Waals surface area contributed by atoms with E-state index in [2.05, 4.69) is 0 Å². The number of rotatable bonds is 2. The maximum absolute atomic E-state index is 13.2. The molecule has 3 atom stereocenters. The van der Waals surface area contributed by atoms with Crippen LogP contribution in [0.2, 0.25) is 0 Å². The fourth-order valence-electron chi connectivity index (χ4n) is 1.81. The number of hydrogen-bond acceptors (Lipinski definition) is 5. The highest BCUT2D eigenvalue weighted by atomic mass is 19.1. The van der Waals surface area contributed by atoms with Crippen molar-refractivity contribution >= 4 is 5.69 Å². The molecule has 1 saturated heterocycles. The lowest BCUT2D eigenvalue weighted by Crippen LogP contribution is -2.26. The molecule has 1 aliphatic rings. The van der Waals surface area contributed by atoms with Gasteiger partial charge in [0.25, 0.3) is 5.56 Å². The molecule has 0 spiro atoms. The number of ether oxygens (including phenoxy) is 1. The van der Waals surface area contributed by atoms with Crippen molar-refractivity contribution in [2.75, 3.05) is 12.3 Å². The third kappa shape index (κ3) is 2.17. The van der Waals surface area contributed by atoms with E-state index in [1.807, 2.05) is 0 Å². The second kappa shape index (κ2) is 4.44. The molecular formula is C10H13FN2O4. The first-order valence-corrected chi connectivity index (χ1v) is 5.14. The van der Waals surface area contributed by atoms with Gasteiger partial charge in [-0.1, -0.05) is 0 Å². The number of nitrogens with zero attached hydrogens (tertiary/aromatic N) is 1. The third-order valence-corrected chi connectivity index (χ3v) is 2.76. The van der Waals surface area contributed by atoms with Crippen molar-refractivity contribution in [1.29, 1.82) is 0 Å². The van der Waals surface area contributed by atoms with Crippen molar-refractivity contribution in [2.45, 2.75) is 24.9 Å². The Balaban J connectivity index is 2.30. The topological polar surface area (TPSA) is 97.7 Å². The Labute approximate surface area is 96.0 Å². The Morgan fingerprint density at radius 2 is 2.35 bits per heavy atom. The number of aliphatic hydroxyl groups excluding tert-OH is 2. The van der Waals surface area contributed by atoms with Crippen molar-refractivity contribution in [2.24, 2.45) is 0 Å². The van der Waals surface area contributed by atoms with Gasteiger partial charge in [-0.05, 0) is 0 Å². The van der Waals surface area contributed by atoms with Crippen molar-refractivity contribution in [1.82, 2.24) is 4.57 Å². The third-order valence-electron chi connectivity index (χ3n) is 2.76. The van der Waals surface area contributed by atoms with E-state index in [0.29, 0.717) is 0 Å². The van der Waals surface area contributed by atoms with Crippen LogP contribution >= 0.6 is 0 Å². The smallest absolute Gasteiger partial charge is 0.254 e. The summed E-state index contributed by atoms with van der Waals surface area (Å²) in [6, 6.07) is 0.956. The molecule has 0 aromatic carbocycles. The number of anilines is 1. The minimum atomic E-state index is -0.877. The Morgan fingerprint density at radius 3 is 2.94 bits per heavy atom. The highest BCUT2D eigenvalue weighted by Gasteiger charge is 2.34. The second-order valence-corrected chi connectivity index (χ2v) is 3.94. The van der Waals surface area contributed by atoms with Gasteiger partial charge in [-0.3, -0.25) is 9.36 Å². The SMILES string of the molecule is Nc1cc(=O)n([C@H]2C[C@H](O)[C@@H](CO)O2)cc1F. The first kappa shape index (κ1) is 12.0. The molecule has 0 bridgehead atoms. The van der Waals surface area contributed by atoms with Gasteiger partial charge in [0, 0.05) is 18.7 Å². The van der Waals surface area contributed by atoms with Crippen LogP contribution in [-0.2, 0) is 4.74 Å². The lowest BCUT2D eigenvalue weighted by molar-refractivity contribution is -0.0457. The molecule has 2 heterocycles. The molecule has 1 aromatic heterocycles. The molecule has 17 heavy (non-hydrogen) atoms. The van der Waals surface area contributed by atoms with Gasteiger partial charge in [-0.2, -0.15) is 0 Å². The fourth-order valence-corrected chi connectivity index (χ4v) is 1.81. The standard InChI is InChI=1S/C10H13FN2O4/c11-5-3-13(9(16)1-6(5)12)10-2-7(15)8(4-14)17-10/h1,3,7-8,10,14-15H,2,4,12H2/t7-,8+,10+/m0/s1. The van der Waals surface area contributed by atoms with Gasteiger partial charge in [-0.25, -0.2) is 4.39 Å². The first-order chi connectivity index (χ1) is 8.02. The number of halogens is 1. The molecule has 2 rings (SSSR count). The van der Waals surface area contributed by atoms with Crippen LogP contribution in [0.4, 0.5) is 10.1 Å². The average molecular weight is 244 g/mol. The van der Waals surface area contributed by atoms with E-state index in [1.54, 1.807) is 0 Å². The maximum Gasteiger partial charge on any atom is 0.254 e. The van der Waals surface area contributed by atoms with Crippen molar-refractivity contribution < 1.29 is 19.3 Å². The van der Waals surface area contributed by atoms with Gasteiger partial charge >= 0.3 is 0 Å². The lowest BCUT2D eigenvalue weighted by atomic mass is 10.2. The Bertz CT molecular complexity index is 476. The summed E-state index contributed by atoms with van der Waals surface area (Å²) in [5.74, 6) is -0.727. The Hall–Kier alpha value is -1.44. The van der Waals surface area contributed by atoms with Crippen LogP contribution in [0.5, 0.6) is 0 Å². The number of aromatic nitrogens is 1. The summed E-state index contributed by atoms with van der Waals surface area (Å²) >= 11 is 0. The number of nitrogen functional groups attached to an aromatic ring is 1. The molecule has 1 aliphatic heterocycles. The zero-order chi connectivity index (χ0) is 12.6. The van der Waals surface area contributed by atoms with E-state index in [1.165, 1.54) is 0 Å². The number of aliphatic hydroxyl groups is 2. The molecule has 0 amide bonds. The van der Waals surface area contributed by atoms with E-state index in [0.717, 1.165) is 16.8 Å². The summed E-state index contributed by atoms with van der Waals surface area (Å²) in [5, 5.41) is 18.4.